The largest absolute Gasteiger partial charge is 0.507 e. The van der Waals surface area contributed by atoms with E-state index in [1.807, 2.05) is 22.6 Å². The summed E-state index contributed by atoms with van der Waals surface area (Å²) in [4.78, 5) is 25.5. The van der Waals surface area contributed by atoms with Crippen LogP contribution in [-0.2, 0) is 11.3 Å². The fourth-order valence-electron chi connectivity index (χ4n) is 2.27. The summed E-state index contributed by atoms with van der Waals surface area (Å²) >= 11 is 1.98. The third-order valence-electron chi connectivity index (χ3n) is 3.50. The first-order valence-electron chi connectivity index (χ1n) is 7.01. The normalized spacial score (nSPS) is 15.9. The fraction of sp³-hybridized carbons (Fsp3) is 0.0588. The van der Waals surface area contributed by atoms with Crippen LogP contribution in [0.1, 0.15) is 11.1 Å². The average molecular weight is 438 g/mol. The van der Waals surface area contributed by atoms with E-state index in [0.29, 0.717) is 14.7 Å². The number of phenols is 1. The molecule has 3 amide bonds. The van der Waals surface area contributed by atoms with Gasteiger partial charge in [-0.3, -0.25) is 9.69 Å². The SMILES string of the molecule is O=C1N/C(=C\c2ccc(O)c(I)c2)C(=O)N1Cc1ccc(F)cc1. The molecule has 1 saturated heterocycles. The Morgan fingerprint density at radius 3 is 2.54 bits per heavy atom. The summed E-state index contributed by atoms with van der Waals surface area (Å²) in [5, 5.41) is 12.1. The molecule has 0 atom stereocenters. The lowest BCUT2D eigenvalue weighted by atomic mass is 10.1. The van der Waals surface area contributed by atoms with Gasteiger partial charge >= 0.3 is 6.03 Å². The zero-order chi connectivity index (χ0) is 17.3. The van der Waals surface area contributed by atoms with Gasteiger partial charge in [0.1, 0.15) is 17.3 Å². The molecule has 122 valence electrons. The van der Waals surface area contributed by atoms with Gasteiger partial charge in [-0.2, -0.15) is 0 Å². The second-order valence-corrected chi connectivity index (χ2v) is 6.38. The van der Waals surface area contributed by atoms with Crippen LogP contribution in [0.25, 0.3) is 6.08 Å². The number of carbonyl (C=O) groups excluding carboxylic acids is 2. The van der Waals surface area contributed by atoms with Crippen molar-refractivity contribution < 1.29 is 19.1 Å². The van der Waals surface area contributed by atoms with Gasteiger partial charge < -0.3 is 10.4 Å². The molecule has 1 heterocycles. The van der Waals surface area contributed by atoms with Crippen LogP contribution in [-0.4, -0.2) is 21.9 Å². The molecule has 0 unspecified atom stereocenters. The van der Waals surface area contributed by atoms with Crippen LogP contribution in [0, 0.1) is 9.39 Å². The second kappa shape index (κ2) is 6.60. The highest BCUT2D eigenvalue weighted by atomic mass is 127. The van der Waals surface area contributed by atoms with Crippen molar-refractivity contribution in [1.29, 1.82) is 0 Å². The van der Waals surface area contributed by atoms with E-state index in [-0.39, 0.29) is 23.8 Å². The Balaban J connectivity index is 1.81. The lowest BCUT2D eigenvalue weighted by Crippen LogP contribution is -2.30. The predicted octanol–water partition coefficient (Wildman–Crippen LogP) is 3.23. The lowest BCUT2D eigenvalue weighted by Gasteiger charge is -2.11. The van der Waals surface area contributed by atoms with Gasteiger partial charge in [0.05, 0.1) is 10.1 Å². The van der Waals surface area contributed by atoms with Gasteiger partial charge in [-0.1, -0.05) is 18.2 Å². The summed E-state index contributed by atoms with van der Waals surface area (Å²) in [6.07, 6.45) is 1.55. The molecule has 0 aromatic heterocycles. The van der Waals surface area contributed by atoms with Crippen LogP contribution in [0.15, 0.2) is 48.2 Å². The Morgan fingerprint density at radius 1 is 1.17 bits per heavy atom. The van der Waals surface area contributed by atoms with Gasteiger partial charge in [0, 0.05) is 0 Å². The van der Waals surface area contributed by atoms with Crippen molar-refractivity contribution in [2.24, 2.45) is 0 Å². The molecule has 2 N–H and O–H groups in total. The summed E-state index contributed by atoms with van der Waals surface area (Å²) in [5.41, 5.74) is 1.49. The number of imide groups is 1. The number of halogens is 2. The van der Waals surface area contributed by atoms with Gasteiger partial charge in [-0.05, 0) is 64.1 Å². The van der Waals surface area contributed by atoms with Gasteiger partial charge in [0.15, 0.2) is 0 Å². The van der Waals surface area contributed by atoms with E-state index in [4.69, 9.17) is 0 Å². The van der Waals surface area contributed by atoms with Crippen LogP contribution >= 0.6 is 22.6 Å². The summed E-state index contributed by atoms with van der Waals surface area (Å²) in [6.45, 7) is 0.0649. The third kappa shape index (κ3) is 3.40. The van der Waals surface area contributed by atoms with Crippen molar-refractivity contribution in [3.8, 4) is 5.75 Å². The monoisotopic (exact) mass is 438 g/mol. The number of nitrogens with zero attached hydrogens (tertiary/aromatic N) is 1. The van der Waals surface area contributed by atoms with Crippen LogP contribution < -0.4 is 5.32 Å². The molecule has 0 radical (unpaired) electrons. The molecule has 24 heavy (non-hydrogen) atoms. The second-order valence-electron chi connectivity index (χ2n) is 5.22. The molecule has 1 fully saturated rings. The van der Waals surface area contributed by atoms with Gasteiger partial charge in [-0.25, -0.2) is 9.18 Å². The molecule has 2 aromatic rings. The zero-order valence-corrected chi connectivity index (χ0v) is 14.5. The van der Waals surface area contributed by atoms with Crippen LogP contribution in [0.3, 0.4) is 0 Å². The molecule has 0 saturated carbocycles. The highest BCUT2D eigenvalue weighted by molar-refractivity contribution is 14.1. The van der Waals surface area contributed by atoms with Crippen molar-refractivity contribution in [3.05, 3.63) is 68.7 Å². The molecule has 2 aromatic carbocycles. The number of phenolic OH excluding ortho intramolecular Hbond substituents is 1. The number of amides is 3. The van der Waals surface area contributed by atoms with Gasteiger partial charge in [0.25, 0.3) is 5.91 Å². The van der Waals surface area contributed by atoms with Gasteiger partial charge in [-0.15, -0.1) is 0 Å². The predicted molar refractivity (Wildman–Crippen MR) is 94.3 cm³/mol. The molecule has 7 heteroatoms. The Labute approximate surface area is 150 Å². The Bertz CT molecular complexity index is 849. The smallest absolute Gasteiger partial charge is 0.329 e. The maximum atomic E-state index is 12.9. The Hall–Kier alpha value is -2.42. The molecule has 1 aliphatic rings. The number of urea groups is 1. The van der Waals surface area contributed by atoms with Crippen molar-refractivity contribution >= 4 is 40.6 Å². The van der Waals surface area contributed by atoms with Crippen LogP contribution in [0.2, 0.25) is 0 Å². The van der Waals surface area contributed by atoms with Crippen molar-refractivity contribution in [2.45, 2.75) is 6.54 Å². The van der Waals surface area contributed by atoms with E-state index in [1.165, 1.54) is 30.3 Å². The number of carbonyl (C=O) groups is 2. The summed E-state index contributed by atoms with van der Waals surface area (Å²) < 4.78 is 13.6. The number of rotatable bonds is 3. The first kappa shape index (κ1) is 16.4. The Kier molecular flexibility index (Phi) is 4.52. The Morgan fingerprint density at radius 2 is 1.88 bits per heavy atom. The average Bonchev–Trinajstić information content (AvgIpc) is 2.80. The standard InChI is InChI=1S/C17H12FIN2O3/c18-12-4-1-10(2-5-12)9-21-16(23)14(20-17(21)24)8-11-3-6-15(22)13(19)7-11/h1-8,22H,9H2,(H,20,24)/b14-8-. The fourth-order valence-corrected chi connectivity index (χ4v) is 2.81. The maximum absolute atomic E-state index is 12.9. The minimum Gasteiger partial charge on any atom is -0.507 e. The van der Waals surface area contributed by atoms with E-state index >= 15 is 0 Å². The quantitative estimate of drug-likeness (QED) is 0.440. The van der Waals surface area contributed by atoms with Crippen molar-refractivity contribution in [2.75, 3.05) is 0 Å². The topological polar surface area (TPSA) is 69.6 Å². The number of hydrogen-bond acceptors (Lipinski definition) is 3. The summed E-state index contributed by atoms with van der Waals surface area (Å²) in [7, 11) is 0. The highest BCUT2D eigenvalue weighted by Gasteiger charge is 2.33. The molecule has 1 aliphatic heterocycles. The van der Waals surface area contributed by atoms with E-state index in [2.05, 4.69) is 5.32 Å². The summed E-state index contributed by atoms with van der Waals surface area (Å²) in [5.74, 6) is -0.677. The number of nitrogens with one attached hydrogen (secondary N) is 1. The van der Waals surface area contributed by atoms with Crippen molar-refractivity contribution in [1.82, 2.24) is 10.2 Å². The van der Waals surface area contributed by atoms with Crippen LogP contribution in [0.4, 0.5) is 9.18 Å². The van der Waals surface area contributed by atoms with Gasteiger partial charge in [0.2, 0.25) is 0 Å². The highest BCUT2D eigenvalue weighted by Crippen LogP contribution is 2.23. The van der Waals surface area contributed by atoms with E-state index in [9.17, 15) is 19.1 Å². The molecule has 3 rings (SSSR count). The van der Waals surface area contributed by atoms with Crippen molar-refractivity contribution in [3.63, 3.8) is 0 Å². The third-order valence-corrected chi connectivity index (χ3v) is 4.36. The minimum atomic E-state index is -0.524. The molecule has 0 aliphatic carbocycles. The number of aromatic hydroxyl groups is 1. The maximum Gasteiger partial charge on any atom is 0.329 e. The zero-order valence-electron chi connectivity index (χ0n) is 12.3. The minimum absolute atomic E-state index is 0.0649. The lowest BCUT2D eigenvalue weighted by molar-refractivity contribution is -0.123. The first-order valence-corrected chi connectivity index (χ1v) is 8.09. The van der Waals surface area contributed by atoms with E-state index in [0.717, 1.165) is 4.90 Å². The van der Waals surface area contributed by atoms with E-state index in [1.54, 1.807) is 18.2 Å². The van der Waals surface area contributed by atoms with Crippen LogP contribution in [0.5, 0.6) is 5.75 Å². The molecule has 0 bridgehead atoms. The molecular formula is C17H12FIN2O3. The summed E-state index contributed by atoms with van der Waals surface area (Å²) in [6, 6.07) is 9.96. The first-order chi connectivity index (χ1) is 11.4. The molecular weight excluding hydrogens is 426 g/mol. The van der Waals surface area contributed by atoms with E-state index < -0.39 is 11.9 Å². The molecule has 5 nitrogen and oxygen atoms in total. The number of hydrogen-bond donors (Lipinski definition) is 2. The molecule has 0 spiro atoms. The number of benzene rings is 2.